The van der Waals surface area contributed by atoms with Crippen LogP contribution in [0.1, 0.15) is 383 Å². The molecule has 16 rings (SSSR count). The SMILES string of the molecule is CC(C)(C)CC(=O)Nc1nc2c(C(F)(F)F)cc(C(C)(C)O)cc2n1C1CCC1.CC(C)(C)CC(=O)Nc1nc2c(C(F)(F)F)cc(C(C)(C)O)cc2n1C1CCC1.CC(C)(C)CC(=O)Nc1nc2cc(Cl)c(C(C)(C)O)cc2n1C1CCC1.CC(C)(C)CC(=O)Nc1nc2ccc(C(C)(C)O)c(F)c2n1C1(C)CCC1.CC(C)(O)c1cc(C(F)(F)F)c2nc(NC(=O)CC(C)(C)C3CC3)n(C3CCC3)c2c1. The highest BCUT2D eigenvalue weighted by Gasteiger charge is 2.46. The van der Waals surface area contributed by atoms with E-state index in [9.17, 15) is 89.0 Å². The van der Waals surface area contributed by atoms with Crippen LogP contribution in [0.25, 0.3) is 55.2 Å². The Balaban J connectivity index is 0.000000159. The van der Waals surface area contributed by atoms with Gasteiger partial charge in [0.1, 0.15) is 22.1 Å². The minimum atomic E-state index is -4.63. The molecular formula is C106H144ClF10N15O10. The van der Waals surface area contributed by atoms with Gasteiger partial charge in [0, 0.05) is 78.0 Å². The summed E-state index contributed by atoms with van der Waals surface area (Å²) in [6.45, 7) is 45.0. The lowest BCUT2D eigenvalue weighted by Gasteiger charge is -2.41. The maximum absolute atomic E-state index is 15.4. The Bertz CT molecular complexity index is 6210. The second-order valence-corrected chi connectivity index (χ2v) is 48.8. The first-order valence-corrected chi connectivity index (χ1v) is 49.7. The number of hydrogen-bond donors (Lipinski definition) is 10. The zero-order valence-corrected chi connectivity index (χ0v) is 87.4. The third-order valence-corrected chi connectivity index (χ3v) is 27.6. The Hall–Kier alpha value is -9.81. The number of rotatable bonds is 22. The van der Waals surface area contributed by atoms with E-state index in [2.05, 4.69) is 76.8 Å². The molecule has 0 bridgehead atoms. The van der Waals surface area contributed by atoms with Crippen molar-refractivity contribution in [3.05, 3.63) is 116 Å². The van der Waals surface area contributed by atoms with Crippen LogP contribution in [0.3, 0.4) is 0 Å². The van der Waals surface area contributed by atoms with Crippen LogP contribution in [0.5, 0.6) is 0 Å². The average molecular weight is 2010 g/mol. The molecule has 6 aliphatic carbocycles. The summed E-state index contributed by atoms with van der Waals surface area (Å²) >= 11 is 6.37. The number of imidazole rings is 5. The Morgan fingerprint density at radius 3 is 0.901 bits per heavy atom. The van der Waals surface area contributed by atoms with Crippen LogP contribution < -0.4 is 26.6 Å². The quantitative estimate of drug-likeness (QED) is 0.0282. The molecule has 36 heteroatoms. The molecule has 6 fully saturated rings. The van der Waals surface area contributed by atoms with Gasteiger partial charge < -0.3 is 48.4 Å². The predicted octanol–water partition coefficient (Wildman–Crippen LogP) is 26.2. The molecule has 5 heterocycles. The third kappa shape index (κ3) is 26.3. The number of aromatic nitrogens is 10. The van der Waals surface area contributed by atoms with E-state index in [1.807, 2.05) is 93.7 Å². The molecule has 0 atom stereocenters. The molecule has 0 aliphatic heterocycles. The first-order valence-electron chi connectivity index (χ1n) is 49.3. The van der Waals surface area contributed by atoms with Crippen molar-refractivity contribution in [2.75, 3.05) is 26.6 Å². The summed E-state index contributed by atoms with van der Waals surface area (Å²) < 4.78 is 149. The normalized spacial score (nSPS) is 16.8. The number of alkyl halides is 9. The van der Waals surface area contributed by atoms with Crippen molar-refractivity contribution in [1.29, 1.82) is 0 Å². The van der Waals surface area contributed by atoms with Gasteiger partial charge in [0.25, 0.3) is 0 Å². The van der Waals surface area contributed by atoms with Crippen molar-refractivity contribution in [2.24, 2.45) is 33.0 Å². The summed E-state index contributed by atoms with van der Waals surface area (Å²) in [4.78, 5) is 84.5. The van der Waals surface area contributed by atoms with E-state index in [1.54, 1.807) is 77.8 Å². The number of halogens is 11. The van der Waals surface area contributed by atoms with E-state index >= 15 is 4.39 Å². The van der Waals surface area contributed by atoms with Gasteiger partial charge >= 0.3 is 18.5 Å². The topological polar surface area (TPSA) is 336 Å². The number of carbonyl (C=O) groups excluding carboxylic acids is 5. The van der Waals surface area contributed by atoms with E-state index in [-0.39, 0.29) is 161 Å². The molecule has 0 spiro atoms. The van der Waals surface area contributed by atoms with E-state index < -0.39 is 69.0 Å². The van der Waals surface area contributed by atoms with Gasteiger partial charge in [-0.15, -0.1) is 0 Å². The lowest BCUT2D eigenvalue weighted by Crippen LogP contribution is -2.39. The zero-order valence-electron chi connectivity index (χ0n) is 86.6. The van der Waals surface area contributed by atoms with Crippen LogP contribution in [0.4, 0.5) is 73.6 Å². The Morgan fingerprint density at radius 2 is 0.641 bits per heavy atom. The van der Waals surface area contributed by atoms with E-state index in [0.29, 0.717) is 70.3 Å². The van der Waals surface area contributed by atoms with Gasteiger partial charge in [0.2, 0.25) is 59.3 Å². The van der Waals surface area contributed by atoms with Crippen LogP contribution in [-0.2, 0) is 76.0 Å². The summed E-state index contributed by atoms with van der Waals surface area (Å²) in [5.41, 5.74) is -6.47. The highest BCUT2D eigenvalue weighted by atomic mass is 35.5. The van der Waals surface area contributed by atoms with E-state index in [4.69, 9.17) is 11.6 Å². The van der Waals surface area contributed by atoms with Gasteiger partial charge in [-0.05, 0) is 290 Å². The lowest BCUT2D eigenvalue weighted by molar-refractivity contribution is -0.137. The van der Waals surface area contributed by atoms with Crippen molar-refractivity contribution in [1.82, 2.24) is 47.8 Å². The molecule has 0 saturated heterocycles. The minimum Gasteiger partial charge on any atom is -0.386 e. The van der Waals surface area contributed by atoms with Gasteiger partial charge in [-0.2, -0.15) is 39.5 Å². The molecule has 780 valence electrons. The maximum atomic E-state index is 15.4. The van der Waals surface area contributed by atoms with E-state index in [1.165, 1.54) is 48.0 Å². The Labute approximate surface area is 829 Å². The standard InChI is InChI=1S/C23H30F3N3O2.2C21H28F3N3O2.C21H30FN3O2.C20H28ClN3O2/c1-21(2,13-8-9-13)12-18(30)27-20-28-19-16(23(24,25)26)10-14(22(3,4)31)11-17(19)29(20)15-6-5-7-15;2*1-19(2,3)11-16(28)25-18-26-17-14(21(22,23)24)9-12(20(4,5)29)10-15(17)27(18)13-7-6-8-13;1-19(2,3)12-15(26)24-18-23-14-9-8-13(20(4,5)27)16(22)17(14)25(18)21(6)10-7-11-21;1-19(2,3)11-17(25)23-18-22-15-10-14(21)13(20(4,5)26)9-16(15)24(18)12-7-6-8-12/h10-11,13,15,31H,5-9,12H2,1-4H3,(H,27,28,30);2*9-10,13,29H,6-8,11H2,1-5H3,(H,25,26,28);8-9,27H,7,10-12H2,1-6H3,(H,23,24,26);9-10,12,26H,6-8,11H2,1-5H3,(H,22,23,25). The summed E-state index contributed by atoms with van der Waals surface area (Å²) in [7, 11) is 0. The number of aliphatic hydroxyl groups is 5. The van der Waals surface area contributed by atoms with Gasteiger partial charge in [-0.1, -0.05) is 115 Å². The number of hydrogen-bond acceptors (Lipinski definition) is 15. The molecule has 5 aromatic heterocycles. The molecule has 10 N–H and O–H groups in total. The summed E-state index contributed by atoms with van der Waals surface area (Å²) in [5, 5.41) is 66.5. The van der Waals surface area contributed by atoms with Crippen LogP contribution >= 0.6 is 11.6 Å². The van der Waals surface area contributed by atoms with Crippen molar-refractivity contribution in [3.63, 3.8) is 0 Å². The number of anilines is 5. The predicted molar refractivity (Wildman–Crippen MR) is 534 cm³/mol. The fourth-order valence-electron chi connectivity index (χ4n) is 18.6. The van der Waals surface area contributed by atoms with Crippen molar-refractivity contribution >= 4 is 126 Å². The molecule has 5 aromatic carbocycles. The number of fused-ring (bicyclic) bond motifs is 5. The van der Waals surface area contributed by atoms with E-state index in [0.717, 1.165) is 132 Å². The lowest BCUT2D eigenvalue weighted by atomic mass is 9.78. The Kier molecular flexibility index (Phi) is 31.1. The third-order valence-electron chi connectivity index (χ3n) is 27.3. The summed E-state index contributed by atoms with van der Waals surface area (Å²) in [6.07, 6.45) is 3.76. The first kappa shape index (κ1) is 111. The molecule has 25 nitrogen and oxygen atoms in total. The second-order valence-electron chi connectivity index (χ2n) is 48.4. The van der Waals surface area contributed by atoms with Crippen molar-refractivity contribution < 1.29 is 93.4 Å². The molecule has 5 amide bonds. The Morgan fingerprint density at radius 1 is 0.352 bits per heavy atom. The van der Waals surface area contributed by atoms with Crippen LogP contribution in [-0.4, -0.2) is 103 Å². The molecule has 142 heavy (non-hydrogen) atoms. The first-order chi connectivity index (χ1) is 64.9. The number of amides is 5. The number of carbonyl (C=O) groups is 5. The molecule has 0 unspecified atom stereocenters. The average Bonchev–Trinajstić information content (AvgIpc) is 1.56. The second kappa shape index (κ2) is 39.9. The monoisotopic (exact) mass is 2010 g/mol. The molecule has 6 saturated carbocycles. The number of nitrogens with one attached hydrogen (secondary N) is 5. The number of benzene rings is 5. The van der Waals surface area contributed by atoms with Crippen molar-refractivity contribution in [2.45, 2.75) is 391 Å². The minimum absolute atomic E-state index is 0.0186. The van der Waals surface area contributed by atoms with Gasteiger partial charge in [0.05, 0.1) is 77.8 Å². The fourth-order valence-corrected chi connectivity index (χ4v) is 19.0. The zero-order chi connectivity index (χ0) is 106. The van der Waals surface area contributed by atoms with Crippen LogP contribution in [0.15, 0.2) is 60.7 Å². The van der Waals surface area contributed by atoms with Gasteiger partial charge in [-0.3, -0.25) is 50.6 Å². The van der Waals surface area contributed by atoms with Gasteiger partial charge in [0.15, 0.2) is 5.82 Å². The largest absolute Gasteiger partial charge is 0.418 e. The van der Waals surface area contributed by atoms with Gasteiger partial charge in [-0.25, -0.2) is 29.3 Å². The van der Waals surface area contributed by atoms with Crippen LogP contribution in [0, 0.1) is 38.8 Å². The van der Waals surface area contributed by atoms with Crippen molar-refractivity contribution in [3.8, 4) is 0 Å². The summed E-state index contributed by atoms with van der Waals surface area (Å²) in [5.74, 6) is 0.443. The molecule has 10 aromatic rings. The molecular weight excluding hydrogens is 1870 g/mol. The number of nitrogens with zero attached hydrogens (tertiary/aromatic N) is 10. The maximum Gasteiger partial charge on any atom is 0.418 e. The summed E-state index contributed by atoms with van der Waals surface area (Å²) in [6, 6.07) is 14.7. The molecule has 6 aliphatic rings. The van der Waals surface area contributed by atoms with Crippen LogP contribution in [0.2, 0.25) is 5.02 Å². The smallest absolute Gasteiger partial charge is 0.386 e. The highest BCUT2D eigenvalue weighted by Crippen LogP contribution is 2.52. The molecule has 0 radical (unpaired) electrons. The highest BCUT2D eigenvalue weighted by molar-refractivity contribution is 6.32. The fraction of sp³-hybridized carbons (Fsp3) is 0.623.